The van der Waals surface area contributed by atoms with Crippen molar-refractivity contribution in [3.05, 3.63) is 71.0 Å². The van der Waals surface area contributed by atoms with Crippen LogP contribution in [0.3, 0.4) is 0 Å². The summed E-state index contributed by atoms with van der Waals surface area (Å²) in [6.07, 6.45) is 1.76. The standard InChI is InChI=1S/C19H19FN2O3/c20-16-9-7-14(8-10-16)17-2-1-11-22(17)19(25)21-12-13-3-5-15(6-4-13)18(23)24/h3-10,17H,1-2,11-12H2,(H,21,25)(H,23,24). The first-order chi connectivity index (χ1) is 12.0. The Bertz CT molecular complexity index is 759. The molecule has 6 heteroatoms. The van der Waals surface area contributed by atoms with Gasteiger partial charge in [-0.2, -0.15) is 0 Å². The number of nitrogens with one attached hydrogen (secondary N) is 1. The van der Waals surface area contributed by atoms with Crippen LogP contribution in [0.2, 0.25) is 0 Å². The zero-order valence-electron chi connectivity index (χ0n) is 13.6. The number of carboxylic acids is 1. The maximum atomic E-state index is 13.1. The number of urea groups is 1. The van der Waals surface area contributed by atoms with E-state index in [9.17, 15) is 14.0 Å². The van der Waals surface area contributed by atoms with Crippen LogP contribution in [0.1, 0.15) is 40.4 Å². The Morgan fingerprint density at radius 1 is 1.12 bits per heavy atom. The van der Waals surface area contributed by atoms with Crippen molar-refractivity contribution in [1.29, 1.82) is 0 Å². The maximum Gasteiger partial charge on any atom is 0.335 e. The molecule has 5 nitrogen and oxygen atoms in total. The number of carbonyl (C=O) groups is 2. The van der Waals surface area contributed by atoms with Crippen LogP contribution < -0.4 is 5.32 Å². The van der Waals surface area contributed by atoms with Crippen LogP contribution in [-0.2, 0) is 6.54 Å². The van der Waals surface area contributed by atoms with Gasteiger partial charge < -0.3 is 15.3 Å². The Hall–Kier alpha value is -2.89. The van der Waals surface area contributed by atoms with Gasteiger partial charge in [-0.05, 0) is 48.2 Å². The van der Waals surface area contributed by atoms with Gasteiger partial charge in [-0.25, -0.2) is 14.0 Å². The molecule has 2 N–H and O–H groups in total. The number of rotatable bonds is 4. The van der Waals surface area contributed by atoms with Gasteiger partial charge in [-0.3, -0.25) is 0 Å². The van der Waals surface area contributed by atoms with Gasteiger partial charge in [0.1, 0.15) is 5.82 Å². The van der Waals surface area contributed by atoms with Crippen LogP contribution >= 0.6 is 0 Å². The van der Waals surface area contributed by atoms with E-state index in [1.165, 1.54) is 24.3 Å². The minimum atomic E-state index is -0.977. The third-order valence-corrected chi connectivity index (χ3v) is 4.41. The molecule has 0 aromatic heterocycles. The van der Waals surface area contributed by atoms with E-state index in [1.54, 1.807) is 29.2 Å². The average Bonchev–Trinajstić information content (AvgIpc) is 3.10. The lowest BCUT2D eigenvalue weighted by atomic mass is 10.0. The van der Waals surface area contributed by atoms with Crippen LogP contribution in [0.4, 0.5) is 9.18 Å². The van der Waals surface area contributed by atoms with Crippen molar-refractivity contribution in [1.82, 2.24) is 10.2 Å². The summed E-state index contributed by atoms with van der Waals surface area (Å²) in [5.74, 6) is -1.27. The SMILES string of the molecule is O=C(O)c1ccc(CNC(=O)N2CCCC2c2ccc(F)cc2)cc1. The van der Waals surface area contributed by atoms with E-state index in [2.05, 4.69) is 5.32 Å². The molecule has 1 saturated heterocycles. The van der Waals surface area contributed by atoms with Gasteiger partial charge in [-0.15, -0.1) is 0 Å². The zero-order chi connectivity index (χ0) is 17.8. The van der Waals surface area contributed by atoms with Gasteiger partial charge >= 0.3 is 12.0 Å². The van der Waals surface area contributed by atoms with Crippen LogP contribution in [0.25, 0.3) is 0 Å². The number of amides is 2. The van der Waals surface area contributed by atoms with Crippen LogP contribution in [0.5, 0.6) is 0 Å². The topological polar surface area (TPSA) is 69.6 Å². The molecule has 3 rings (SSSR count). The average molecular weight is 342 g/mol. The first-order valence-electron chi connectivity index (χ1n) is 8.17. The quantitative estimate of drug-likeness (QED) is 0.892. The van der Waals surface area contributed by atoms with Crippen molar-refractivity contribution in [2.24, 2.45) is 0 Å². The van der Waals surface area contributed by atoms with E-state index in [0.717, 1.165) is 24.0 Å². The fourth-order valence-corrected chi connectivity index (χ4v) is 3.09. The van der Waals surface area contributed by atoms with Crippen molar-refractivity contribution in [3.63, 3.8) is 0 Å². The molecule has 25 heavy (non-hydrogen) atoms. The number of likely N-dealkylation sites (tertiary alicyclic amines) is 1. The summed E-state index contributed by atoms with van der Waals surface area (Å²) < 4.78 is 13.1. The summed E-state index contributed by atoms with van der Waals surface area (Å²) >= 11 is 0. The highest BCUT2D eigenvalue weighted by Gasteiger charge is 2.29. The van der Waals surface area contributed by atoms with Crippen molar-refractivity contribution in [3.8, 4) is 0 Å². The molecule has 1 atom stereocenters. The second-order valence-corrected chi connectivity index (χ2v) is 6.06. The first kappa shape index (κ1) is 17.0. The van der Waals surface area contributed by atoms with E-state index in [-0.39, 0.29) is 23.5 Å². The second-order valence-electron chi connectivity index (χ2n) is 6.06. The molecule has 2 aromatic carbocycles. The normalized spacial score (nSPS) is 16.7. The third-order valence-electron chi connectivity index (χ3n) is 4.41. The fraction of sp³-hybridized carbons (Fsp3) is 0.263. The van der Waals surface area contributed by atoms with E-state index in [4.69, 9.17) is 5.11 Å². The number of nitrogens with zero attached hydrogens (tertiary/aromatic N) is 1. The molecule has 2 aromatic rings. The van der Waals surface area contributed by atoms with E-state index in [1.807, 2.05) is 0 Å². The van der Waals surface area contributed by atoms with E-state index in [0.29, 0.717) is 13.1 Å². The molecular formula is C19H19FN2O3. The van der Waals surface area contributed by atoms with Crippen molar-refractivity contribution >= 4 is 12.0 Å². The molecule has 1 heterocycles. The lowest BCUT2D eigenvalue weighted by Crippen LogP contribution is -2.39. The monoisotopic (exact) mass is 342 g/mol. The molecule has 1 aliphatic heterocycles. The van der Waals surface area contributed by atoms with E-state index >= 15 is 0 Å². The number of benzene rings is 2. The Balaban J connectivity index is 1.62. The van der Waals surface area contributed by atoms with Gasteiger partial charge in [0.05, 0.1) is 11.6 Å². The molecule has 0 radical (unpaired) electrons. The highest BCUT2D eigenvalue weighted by molar-refractivity contribution is 5.87. The molecule has 130 valence electrons. The van der Waals surface area contributed by atoms with E-state index < -0.39 is 5.97 Å². The number of hydrogen-bond donors (Lipinski definition) is 2. The predicted octanol–water partition coefficient (Wildman–Crippen LogP) is 3.57. The Labute approximate surface area is 145 Å². The lowest BCUT2D eigenvalue weighted by Gasteiger charge is -2.25. The highest BCUT2D eigenvalue weighted by Crippen LogP contribution is 2.31. The summed E-state index contributed by atoms with van der Waals surface area (Å²) in [6.45, 7) is 0.983. The molecule has 0 aliphatic carbocycles. The van der Waals surface area contributed by atoms with Gasteiger partial charge in [0.2, 0.25) is 0 Å². The van der Waals surface area contributed by atoms with Gasteiger partial charge in [-0.1, -0.05) is 24.3 Å². The molecule has 0 spiro atoms. The molecule has 1 aliphatic rings. The Morgan fingerprint density at radius 2 is 1.80 bits per heavy atom. The fourth-order valence-electron chi connectivity index (χ4n) is 3.09. The smallest absolute Gasteiger partial charge is 0.335 e. The number of halogens is 1. The van der Waals surface area contributed by atoms with Gasteiger partial charge in [0.15, 0.2) is 0 Å². The molecular weight excluding hydrogens is 323 g/mol. The molecule has 1 fully saturated rings. The summed E-state index contributed by atoms with van der Waals surface area (Å²) in [6, 6.07) is 12.4. The van der Waals surface area contributed by atoms with Crippen molar-refractivity contribution < 1.29 is 19.1 Å². The molecule has 0 saturated carbocycles. The van der Waals surface area contributed by atoms with Crippen molar-refractivity contribution in [2.45, 2.75) is 25.4 Å². The Morgan fingerprint density at radius 3 is 2.44 bits per heavy atom. The molecule has 2 amide bonds. The minimum Gasteiger partial charge on any atom is -0.478 e. The summed E-state index contributed by atoms with van der Waals surface area (Å²) in [5.41, 5.74) is 1.97. The maximum absolute atomic E-state index is 13.1. The summed E-state index contributed by atoms with van der Waals surface area (Å²) in [5, 5.41) is 11.8. The summed E-state index contributed by atoms with van der Waals surface area (Å²) in [7, 11) is 0. The van der Waals surface area contributed by atoms with Crippen LogP contribution in [-0.4, -0.2) is 28.6 Å². The summed E-state index contributed by atoms with van der Waals surface area (Å²) in [4.78, 5) is 25.1. The number of carbonyl (C=O) groups excluding carboxylic acids is 1. The second kappa shape index (κ2) is 7.34. The largest absolute Gasteiger partial charge is 0.478 e. The predicted molar refractivity (Wildman–Crippen MR) is 90.7 cm³/mol. The first-order valence-corrected chi connectivity index (χ1v) is 8.17. The van der Waals surface area contributed by atoms with Crippen molar-refractivity contribution in [2.75, 3.05) is 6.54 Å². The van der Waals surface area contributed by atoms with Gasteiger partial charge in [0, 0.05) is 13.1 Å². The zero-order valence-corrected chi connectivity index (χ0v) is 13.6. The molecule has 0 bridgehead atoms. The number of hydrogen-bond acceptors (Lipinski definition) is 2. The number of carboxylic acid groups (broad SMARTS) is 1. The highest BCUT2D eigenvalue weighted by atomic mass is 19.1. The van der Waals surface area contributed by atoms with Gasteiger partial charge in [0.25, 0.3) is 0 Å². The van der Waals surface area contributed by atoms with Crippen LogP contribution in [0.15, 0.2) is 48.5 Å². The Kier molecular flexibility index (Phi) is 4.97. The van der Waals surface area contributed by atoms with Crippen LogP contribution in [0, 0.1) is 5.82 Å². The third kappa shape index (κ3) is 3.96. The number of aromatic carboxylic acids is 1. The lowest BCUT2D eigenvalue weighted by molar-refractivity contribution is 0.0697. The molecule has 1 unspecified atom stereocenters. The minimum absolute atomic E-state index is 0.0463.